The zero-order chi connectivity index (χ0) is 12.9. The summed E-state index contributed by atoms with van der Waals surface area (Å²) in [5, 5.41) is 0. The van der Waals surface area contributed by atoms with Crippen LogP contribution < -0.4 is 0 Å². The Morgan fingerprint density at radius 2 is 1.53 bits per heavy atom. The lowest BCUT2D eigenvalue weighted by molar-refractivity contribution is 0.103. The highest BCUT2D eigenvalue weighted by molar-refractivity contribution is 5.28. The normalized spacial score (nSPS) is 22.5. The van der Waals surface area contributed by atoms with Crippen molar-refractivity contribution in [2.45, 2.75) is 12.8 Å². The molecule has 1 saturated heterocycles. The molecule has 0 N–H and O–H groups in total. The monoisotopic (exact) mass is 261 g/mol. The first-order valence-electron chi connectivity index (χ1n) is 7.36. The quantitative estimate of drug-likeness (QED) is 0.809. The molecule has 0 saturated carbocycles. The number of fused-ring (bicyclic) bond motifs is 1. The first-order chi connectivity index (χ1) is 9.42. The summed E-state index contributed by atoms with van der Waals surface area (Å²) in [7, 11) is 0. The molecule has 0 unspecified atom stereocenters. The Morgan fingerprint density at radius 3 is 2.11 bits per heavy atom. The van der Waals surface area contributed by atoms with Gasteiger partial charge >= 0.3 is 0 Å². The Morgan fingerprint density at radius 1 is 0.947 bits per heavy atom. The van der Waals surface area contributed by atoms with E-state index in [-0.39, 0.29) is 0 Å². The topological polar surface area (TPSA) is 21.7 Å². The Balaban J connectivity index is 1.56. The van der Waals surface area contributed by atoms with E-state index in [4.69, 9.17) is 9.47 Å². The number of ether oxygens (including phenoxy) is 2. The number of hydrogen-bond donors (Lipinski definition) is 0. The van der Waals surface area contributed by atoms with Crippen molar-refractivity contribution in [2.75, 3.05) is 46.1 Å². The summed E-state index contributed by atoms with van der Waals surface area (Å²) < 4.78 is 11.2. The number of rotatable bonds is 2. The highest BCUT2D eigenvalue weighted by atomic mass is 16.5. The van der Waals surface area contributed by atoms with E-state index < -0.39 is 0 Å². The van der Waals surface area contributed by atoms with Gasteiger partial charge in [0.25, 0.3) is 0 Å². The number of benzene rings is 1. The van der Waals surface area contributed by atoms with E-state index in [1.54, 1.807) is 0 Å². The van der Waals surface area contributed by atoms with Gasteiger partial charge in [-0.15, -0.1) is 0 Å². The van der Waals surface area contributed by atoms with Gasteiger partial charge in [-0.1, -0.05) is 24.3 Å². The summed E-state index contributed by atoms with van der Waals surface area (Å²) in [6.07, 6.45) is 2.34. The molecule has 3 nitrogen and oxygen atoms in total. The van der Waals surface area contributed by atoms with Crippen LogP contribution in [0, 0.1) is 5.92 Å². The second-order valence-corrected chi connectivity index (χ2v) is 5.59. The second-order valence-electron chi connectivity index (χ2n) is 5.59. The highest BCUT2D eigenvalue weighted by Crippen LogP contribution is 2.17. The smallest absolute Gasteiger partial charge is 0.0700 e. The van der Waals surface area contributed by atoms with E-state index in [0.717, 1.165) is 46.1 Å². The van der Waals surface area contributed by atoms with Crippen LogP contribution in [0.15, 0.2) is 24.3 Å². The van der Waals surface area contributed by atoms with Gasteiger partial charge in [0.1, 0.15) is 0 Å². The van der Waals surface area contributed by atoms with Crippen LogP contribution in [0.25, 0.3) is 0 Å². The van der Waals surface area contributed by atoms with E-state index >= 15 is 0 Å². The summed E-state index contributed by atoms with van der Waals surface area (Å²) in [6.45, 7) is 6.63. The third-order valence-corrected chi connectivity index (χ3v) is 4.11. The zero-order valence-electron chi connectivity index (χ0n) is 11.5. The first-order valence-corrected chi connectivity index (χ1v) is 7.36. The lowest BCUT2D eigenvalue weighted by Gasteiger charge is -2.24. The molecule has 0 radical (unpaired) electrons. The molecule has 1 aromatic carbocycles. The van der Waals surface area contributed by atoms with Gasteiger partial charge in [0.15, 0.2) is 0 Å². The van der Waals surface area contributed by atoms with E-state index in [2.05, 4.69) is 29.2 Å². The number of nitrogens with zero attached hydrogens (tertiary/aromatic N) is 1. The molecule has 0 amide bonds. The average Bonchev–Trinajstić information content (AvgIpc) is 2.81. The molecule has 2 aliphatic heterocycles. The van der Waals surface area contributed by atoms with Crippen LogP contribution in [-0.2, 0) is 22.3 Å². The molecule has 19 heavy (non-hydrogen) atoms. The molecule has 0 atom stereocenters. The summed E-state index contributed by atoms with van der Waals surface area (Å²) in [4.78, 5) is 2.57. The van der Waals surface area contributed by atoms with E-state index in [9.17, 15) is 0 Å². The molecule has 0 spiro atoms. The molecular formula is C16H23NO2. The second kappa shape index (κ2) is 6.51. The predicted molar refractivity (Wildman–Crippen MR) is 75.4 cm³/mol. The third-order valence-electron chi connectivity index (χ3n) is 4.11. The minimum absolute atomic E-state index is 0.531. The Bertz CT molecular complexity index is 372. The van der Waals surface area contributed by atoms with Gasteiger partial charge in [0.2, 0.25) is 0 Å². The molecule has 2 aliphatic rings. The van der Waals surface area contributed by atoms with Gasteiger partial charge in [-0.25, -0.2) is 0 Å². The predicted octanol–water partition coefficient (Wildman–Crippen LogP) is 1.75. The molecule has 3 rings (SSSR count). The maximum atomic E-state index is 5.59. The Hall–Kier alpha value is -0.900. The zero-order valence-corrected chi connectivity index (χ0v) is 11.5. The van der Waals surface area contributed by atoms with Crippen molar-refractivity contribution in [3.8, 4) is 0 Å². The minimum atomic E-state index is 0.531. The van der Waals surface area contributed by atoms with Crippen LogP contribution in [0.5, 0.6) is 0 Å². The van der Waals surface area contributed by atoms with Gasteiger partial charge in [-0.05, 0) is 24.0 Å². The van der Waals surface area contributed by atoms with Gasteiger partial charge in [0, 0.05) is 25.6 Å². The van der Waals surface area contributed by atoms with E-state index in [0.29, 0.717) is 5.92 Å². The molecular weight excluding hydrogens is 238 g/mol. The fraction of sp³-hybridized carbons (Fsp3) is 0.625. The summed E-state index contributed by atoms with van der Waals surface area (Å²) >= 11 is 0. The van der Waals surface area contributed by atoms with Crippen molar-refractivity contribution in [1.82, 2.24) is 4.90 Å². The molecule has 0 aliphatic carbocycles. The van der Waals surface area contributed by atoms with Gasteiger partial charge in [-0.2, -0.15) is 0 Å². The fourth-order valence-electron chi connectivity index (χ4n) is 3.03. The lowest BCUT2D eigenvalue weighted by atomic mass is 10.0. The Kier molecular flexibility index (Phi) is 4.49. The van der Waals surface area contributed by atoms with Gasteiger partial charge in [0.05, 0.1) is 26.4 Å². The number of hydrogen-bond acceptors (Lipinski definition) is 3. The maximum Gasteiger partial charge on any atom is 0.0700 e. The first kappa shape index (κ1) is 13.1. The van der Waals surface area contributed by atoms with Crippen LogP contribution >= 0.6 is 0 Å². The lowest BCUT2D eigenvalue weighted by Crippen LogP contribution is -2.34. The maximum absolute atomic E-state index is 5.59. The van der Waals surface area contributed by atoms with Crippen molar-refractivity contribution in [3.63, 3.8) is 0 Å². The van der Waals surface area contributed by atoms with Crippen molar-refractivity contribution in [3.05, 3.63) is 35.4 Å². The third kappa shape index (κ3) is 3.56. The van der Waals surface area contributed by atoms with E-state index in [1.807, 2.05) is 0 Å². The molecule has 0 bridgehead atoms. The average molecular weight is 261 g/mol. The van der Waals surface area contributed by atoms with Crippen molar-refractivity contribution in [1.29, 1.82) is 0 Å². The standard InChI is InChI=1S/C16H23NO2/c1-2-4-16-6-8-17(7-5-15(16)3-1)11-14-12-18-9-10-19-13-14/h1-4,14H,5-13H2. The van der Waals surface area contributed by atoms with Crippen LogP contribution in [0.4, 0.5) is 0 Å². The molecule has 1 aromatic rings. The van der Waals surface area contributed by atoms with Gasteiger partial charge in [-0.3, -0.25) is 0 Å². The van der Waals surface area contributed by atoms with Crippen molar-refractivity contribution in [2.24, 2.45) is 5.92 Å². The highest BCUT2D eigenvalue weighted by Gasteiger charge is 2.19. The molecule has 3 heteroatoms. The minimum Gasteiger partial charge on any atom is -0.379 e. The van der Waals surface area contributed by atoms with Crippen LogP contribution in [-0.4, -0.2) is 51.0 Å². The van der Waals surface area contributed by atoms with Crippen molar-refractivity contribution < 1.29 is 9.47 Å². The largest absolute Gasteiger partial charge is 0.379 e. The van der Waals surface area contributed by atoms with E-state index in [1.165, 1.54) is 24.0 Å². The van der Waals surface area contributed by atoms with Crippen LogP contribution in [0.1, 0.15) is 11.1 Å². The fourth-order valence-corrected chi connectivity index (χ4v) is 3.03. The van der Waals surface area contributed by atoms with Crippen molar-refractivity contribution >= 4 is 0 Å². The van der Waals surface area contributed by atoms with Crippen LogP contribution in [0.2, 0.25) is 0 Å². The van der Waals surface area contributed by atoms with Crippen LogP contribution in [0.3, 0.4) is 0 Å². The summed E-state index contributed by atoms with van der Waals surface area (Å²) in [5.74, 6) is 0.531. The summed E-state index contributed by atoms with van der Waals surface area (Å²) in [5.41, 5.74) is 3.05. The Labute approximate surface area is 115 Å². The SMILES string of the molecule is c1ccc2c(c1)CCN(CC1COCCOC1)CC2. The molecule has 0 aromatic heterocycles. The molecule has 1 fully saturated rings. The molecule has 2 heterocycles. The summed E-state index contributed by atoms with van der Waals surface area (Å²) in [6, 6.07) is 8.86. The molecule has 104 valence electrons. The van der Waals surface area contributed by atoms with Gasteiger partial charge < -0.3 is 14.4 Å².